The van der Waals surface area contributed by atoms with Gasteiger partial charge in [-0.15, -0.1) is 0 Å². The molecule has 0 saturated heterocycles. The Balaban J connectivity index is 2.29. The molecule has 1 unspecified atom stereocenters. The standard InChI is InChI=1S/C10H9ClN4/c11-8-1-2-9(15-5-8)10(12)7-3-13-6-14-4-7/h1-6,10H,12H2. The van der Waals surface area contributed by atoms with Crippen LogP contribution in [0.15, 0.2) is 37.1 Å². The summed E-state index contributed by atoms with van der Waals surface area (Å²) in [5.74, 6) is 0. The first kappa shape index (κ1) is 10.0. The van der Waals surface area contributed by atoms with Crippen molar-refractivity contribution in [2.24, 2.45) is 5.73 Å². The van der Waals surface area contributed by atoms with Gasteiger partial charge in [-0.2, -0.15) is 0 Å². The molecule has 5 heteroatoms. The molecule has 0 amide bonds. The third-order valence-electron chi connectivity index (χ3n) is 2.01. The summed E-state index contributed by atoms with van der Waals surface area (Å²) in [5.41, 5.74) is 7.55. The molecule has 76 valence electrons. The van der Waals surface area contributed by atoms with Crippen LogP contribution in [0.25, 0.3) is 0 Å². The fourth-order valence-electron chi connectivity index (χ4n) is 1.21. The van der Waals surface area contributed by atoms with E-state index in [9.17, 15) is 0 Å². The van der Waals surface area contributed by atoms with Gasteiger partial charge in [0.1, 0.15) is 6.33 Å². The van der Waals surface area contributed by atoms with Crippen molar-refractivity contribution in [1.29, 1.82) is 0 Å². The molecule has 1 atom stereocenters. The molecule has 2 aromatic rings. The molecule has 15 heavy (non-hydrogen) atoms. The van der Waals surface area contributed by atoms with E-state index in [0.29, 0.717) is 5.02 Å². The number of rotatable bonds is 2. The van der Waals surface area contributed by atoms with E-state index < -0.39 is 0 Å². The molecular formula is C10H9ClN4. The molecule has 0 saturated carbocycles. The van der Waals surface area contributed by atoms with E-state index in [1.807, 2.05) is 0 Å². The zero-order valence-electron chi connectivity index (χ0n) is 7.84. The molecule has 2 aromatic heterocycles. The van der Waals surface area contributed by atoms with E-state index in [1.54, 1.807) is 30.7 Å². The zero-order chi connectivity index (χ0) is 10.7. The number of nitrogens with zero attached hydrogens (tertiary/aromatic N) is 3. The van der Waals surface area contributed by atoms with Gasteiger partial charge in [-0.1, -0.05) is 11.6 Å². The lowest BCUT2D eigenvalue weighted by Gasteiger charge is -2.09. The molecule has 4 nitrogen and oxygen atoms in total. The maximum absolute atomic E-state index is 5.98. The molecular weight excluding hydrogens is 212 g/mol. The Morgan fingerprint density at radius 2 is 1.87 bits per heavy atom. The summed E-state index contributed by atoms with van der Waals surface area (Å²) in [4.78, 5) is 11.9. The van der Waals surface area contributed by atoms with Crippen LogP contribution < -0.4 is 5.73 Å². The van der Waals surface area contributed by atoms with Crippen LogP contribution in [-0.2, 0) is 0 Å². The van der Waals surface area contributed by atoms with E-state index in [-0.39, 0.29) is 6.04 Å². The Morgan fingerprint density at radius 3 is 2.47 bits per heavy atom. The van der Waals surface area contributed by atoms with Crippen LogP contribution in [0.1, 0.15) is 17.3 Å². The molecule has 2 N–H and O–H groups in total. The van der Waals surface area contributed by atoms with E-state index in [0.717, 1.165) is 11.3 Å². The number of aromatic nitrogens is 3. The minimum absolute atomic E-state index is 0.316. The van der Waals surface area contributed by atoms with E-state index >= 15 is 0 Å². The lowest BCUT2D eigenvalue weighted by molar-refractivity contribution is 0.813. The molecule has 0 aromatic carbocycles. The van der Waals surface area contributed by atoms with Crippen LogP contribution in [0.2, 0.25) is 5.02 Å². The Morgan fingerprint density at radius 1 is 1.13 bits per heavy atom. The zero-order valence-corrected chi connectivity index (χ0v) is 8.59. The highest BCUT2D eigenvalue weighted by Crippen LogP contribution is 2.17. The fourth-order valence-corrected chi connectivity index (χ4v) is 1.33. The van der Waals surface area contributed by atoms with Crippen molar-refractivity contribution < 1.29 is 0 Å². The van der Waals surface area contributed by atoms with Gasteiger partial charge < -0.3 is 5.73 Å². The highest BCUT2D eigenvalue weighted by atomic mass is 35.5. The van der Waals surface area contributed by atoms with Crippen molar-refractivity contribution in [1.82, 2.24) is 15.0 Å². The van der Waals surface area contributed by atoms with Crippen LogP contribution in [-0.4, -0.2) is 15.0 Å². The summed E-state index contributed by atoms with van der Waals surface area (Å²) in [5, 5.41) is 0.593. The van der Waals surface area contributed by atoms with Crippen LogP contribution in [0.4, 0.5) is 0 Å². The number of hydrogen-bond donors (Lipinski definition) is 1. The summed E-state index contributed by atoms with van der Waals surface area (Å²) in [7, 11) is 0. The maximum atomic E-state index is 5.98. The van der Waals surface area contributed by atoms with Crippen molar-refractivity contribution in [3.63, 3.8) is 0 Å². The normalized spacial score (nSPS) is 12.4. The predicted octanol–water partition coefficient (Wildman–Crippen LogP) is 1.57. The first-order valence-electron chi connectivity index (χ1n) is 4.39. The highest BCUT2D eigenvalue weighted by Gasteiger charge is 2.10. The molecule has 0 aliphatic carbocycles. The first-order chi connectivity index (χ1) is 7.27. The van der Waals surface area contributed by atoms with Crippen LogP contribution in [0.5, 0.6) is 0 Å². The van der Waals surface area contributed by atoms with Gasteiger partial charge in [0.05, 0.1) is 16.8 Å². The average Bonchev–Trinajstić information content (AvgIpc) is 2.30. The SMILES string of the molecule is NC(c1cncnc1)c1ccc(Cl)cn1. The average molecular weight is 221 g/mol. The second kappa shape index (κ2) is 4.33. The predicted molar refractivity (Wildman–Crippen MR) is 57.3 cm³/mol. The molecule has 2 heterocycles. The van der Waals surface area contributed by atoms with Crippen molar-refractivity contribution in [3.8, 4) is 0 Å². The number of nitrogens with two attached hydrogens (primary N) is 1. The molecule has 0 radical (unpaired) electrons. The second-order valence-corrected chi connectivity index (χ2v) is 3.49. The molecule has 0 spiro atoms. The first-order valence-corrected chi connectivity index (χ1v) is 4.77. The van der Waals surface area contributed by atoms with E-state index in [4.69, 9.17) is 17.3 Å². The van der Waals surface area contributed by atoms with Crippen LogP contribution in [0.3, 0.4) is 0 Å². The minimum Gasteiger partial charge on any atom is -0.319 e. The summed E-state index contributed by atoms with van der Waals surface area (Å²) in [6.45, 7) is 0. The van der Waals surface area contributed by atoms with Gasteiger partial charge in [0, 0.05) is 24.2 Å². The lowest BCUT2D eigenvalue weighted by Crippen LogP contribution is -2.13. The Kier molecular flexibility index (Phi) is 2.89. The van der Waals surface area contributed by atoms with Crippen molar-refractivity contribution in [3.05, 3.63) is 53.3 Å². The van der Waals surface area contributed by atoms with Crippen LogP contribution >= 0.6 is 11.6 Å². The molecule has 2 rings (SSSR count). The fraction of sp³-hybridized carbons (Fsp3) is 0.100. The number of hydrogen-bond acceptors (Lipinski definition) is 4. The Labute approximate surface area is 92.2 Å². The van der Waals surface area contributed by atoms with E-state index in [2.05, 4.69) is 15.0 Å². The number of halogens is 1. The summed E-state index contributed by atoms with van der Waals surface area (Å²) >= 11 is 5.73. The summed E-state index contributed by atoms with van der Waals surface area (Å²) in [6.07, 6.45) is 6.38. The summed E-state index contributed by atoms with van der Waals surface area (Å²) < 4.78 is 0. The quantitative estimate of drug-likeness (QED) is 0.835. The van der Waals surface area contributed by atoms with Crippen molar-refractivity contribution in [2.45, 2.75) is 6.04 Å². The maximum Gasteiger partial charge on any atom is 0.115 e. The third kappa shape index (κ3) is 2.29. The van der Waals surface area contributed by atoms with Gasteiger partial charge in [-0.3, -0.25) is 4.98 Å². The number of pyridine rings is 1. The molecule has 0 fully saturated rings. The van der Waals surface area contributed by atoms with Gasteiger partial charge >= 0.3 is 0 Å². The van der Waals surface area contributed by atoms with Gasteiger partial charge in [-0.25, -0.2) is 9.97 Å². The largest absolute Gasteiger partial charge is 0.319 e. The minimum atomic E-state index is -0.316. The third-order valence-corrected chi connectivity index (χ3v) is 2.23. The van der Waals surface area contributed by atoms with Gasteiger partial charge in [0.2, 0.25) is 0 Å². The topological polar surface area (TPSA) is 64.7 Å². The van der Waals surface area contributed by atoms with E-state index in [1.165, 1.54) is 6.33 Å². The molecule has 0 aliphatic rings. The van der Waals surface area contributed by atoms with Crippen LogP contribution in [0, 0.1) is 0 Å². The van der Waals surface area contributed by atoms with Crippen molar-refractivity contribution in [2.75, 3.05) is 0 Å². The lowest BCUT2D eigenvalue weighted by atomic mass is 10.1. The summed E-state index contributed by atoms with van der Waals surface area (Å²) in [6, 6.07) is 3.23. The van der Waals surface area contributed by atoms with Crippen molar-refractivity contribution >= 4 is 11.6 Å². The Hall–Kier alpha value is -1.52. The highest BCUT2D eigenvalue weighted by molar-refractivity contribution is 6.30. The molecule has 0 aliphatic heterocycles. The second-order valence-electron chi connectivity index (χ2n) is 3.05. The monoisotopic (exact) mass is 220 g/mol. The van der Waals surface area contributed by atoms with Gasteiger partial charge in [0.15, 0.2) is 0 Å². The Bertz CT molecular complexity index is 429. The smallest absolute Gasteiger partial charge is 0.115 e. The molecule has 0 bridgehead atoms. The van der Waals surface area contributed by atoms with Gasteiger partial charge in [-0.05, 0) is 12.1 Å². The van der Waals surface area contributed by atoms with Gasteiger partial charge in [0.25, 0.3) is 0 Å².